The summed E-state index contributed by atoms with van der Waals surface area (Å²) in [4.78, 5) is 15.0. The molecule has 5 heteroatoms. The van der Waals surface area contributed by atoms with Crippen LogP contribution in [0.15, 0.2) is 15.9 Å². The third kappa shape index (κ3) is 3.75. The zero-order valence-electron chi connectivity index (χ0n) is 9.37. The highest BCUT2D eigenvalue weighted by Gasteiger charge is 2.18. The third-order valence-electron chi connectivity index (χ3n) is 2.32. The molecule has 0 bridgehead atoms. The monoisotopic (exact) mass is 323 g/mol. The summed E-state index contributed by atoms with van der Waals surface area (Å²) >= 11 is 10.8. The first-order valence-electron chi connectivity index (χ1n) is 5.17. The Morgan fingerprint density at radius 3 is 2.75 bits per heavy atom. The lowest BCUT2D eigenvalue weighted by molar-refractivity contribution is -0.134. The van der Waals surface area contributed by atoms with Crippen molar-refractivity contribution in [2.75, 3.05) is 12.4 Å². The largest absolute Gasteiger partial charge is 0.338 e. The predicted octanol–water partition coefficient (Wildman–Crippen LogP) is 3.73. The van der Waals surface area contributed by atoms with E-state index in [0.717, 1.165) is 10.3 Å². The lowest BCUT2D eigenvalue weighted by Gasteiger charge is -2.22. The quantitative estimate of drug-likeness (QED) is 0.756. The first-order chi connectivity index (χ1) is 7.58. The smallest absolute Gasteiger partial charge is 0.226 e. The number of carbonyl (C=O) groups is 1. The molecule has 1 amide bonds. The Labute approximate surface area is 114 Å². The van der Waals surface area contributed by atoms with E-state index >= 15 is 0 Å². The van der Waals surface area contributed by atoms with Gasteiger partial charge in [0, 0.05) is 23.2 Å². The van der Waals surface area contributed by atoms with E-state index in [4.69, 9.17) is 11.6 Å². The second kappa shape index (κ2) is 6.62. The maximum absolute atomic E-state index is 12.0. The molecule has 0 saturated carbocycles. The van der Waals surface area contributed by atoms with E-state index in [1.54, 1.807) is 11.3 Å². The molecule has 0 radical (unpaired) electrons. The van der Waals surface area contributed by atoms with Crippen LogP contribution >= 0.6 is 38.9 Å². The van der Waals surface area contributed by atoms with Gasteiger partial charge in [0.2, 0.25) is 5.91 Å². The van der Waals surface area contributed by atoms with Gasteiger partial charge in [-0.05, 0) is 35.0 Å². The zero-order valence-corrected chi connectivity index (χ0v) is 12.5. The predicted molar refractivity (Wildman–Crippen MR) is 73.0 cm³/mol. The lowest BCUT2D eigenvalue weighted by Crippen LogP contribution is -2.34. The number of carbonyl (C=O) groups excluding carboxylic acids is 1. The molecule has 1 rings (SSSR count). The van der Waals surface area contributed by atoms with Crippen LogP contribution in [0.25, 0.3) is 0 Å². The highest BCUT2D eigenvalue weighted by atomic mass is 79.9. The molecular weight excluding hydrogens is 310 g/mol. The summed E-state index contributed by atoms with van der Waals surface area (Å²) < 4.78 is 1.09. The van der Waals surface area contributed by atoms with Gasteiger partial charge in [0.15, 0.2) is 0 Å². The van der Waals surface area contributed by atoms with Gasteiger partial charge in [-0.2, -0.15) is 0 Å². The van der Waals surface area contributed by atoms with Crippen molar-refractivity contribution >= 4 is 44.8 Å². The molecule has 16 heavy (non-hydrogen) atoms. The number of rotatable bonds is 5. The molecule has 0 fully saturated rings. The van der Waals surface area contributed by atoms with Gasteiger partial charge in [-0.1, -0.05) is 6.92 Å². The van der Waals surface area contributed by atoms with E-state index in [1.165, 1.54) is 4.88 Å². The Morgan fingerprint density at radius 2 is 2.31 bits per heavy atom. The molecule has 1 heterocycles. The van der Waals surface area contributed by atoms with Gasteiger partial charge in [-0.3, -0.25) is 4.79 Å². The van der Waals surface area contributed by atoms with Gasteiger partial charge in [-0.15, -0.1) is 22.9 Å². The van der Waals surface area contributed by atoms with Crippen LogP contribution < -0.4 is 0 Å². The zero-order chi connectivity index (χ0) is 12.1. The number of thiophene rings is 1. The van der Waals surface area contributed by atoms with Crippen molar-refractivity contribution < 1.29 is 4.79 Å². The van der Waals surface area contributed by atoms with Gasteiger partial charge in [-0.25, -0.2) is 0 Å². The Hall–Kier alpha value is -0.0600. The summed E-state index contributed by atoms with van der Waals surface area (Å²) in [5.74, 6) is 0.399. The first-order valence-corrected chi connectivity index (χ1v) is 7.31. The molecule has 2 nitrogen and oxygen atoms in total. The van der Waals surface area contributed by atoms with Crippen LogP contribution in [0, 0.1) is 5.92 Å². The van der Waals surface area contributed by atoms with Gasteiger partial charge >= 0.3 is 0 Å². The van der Waals surface area contributed by atoms with Gasteiger partial charge in [0.05, 0.1) is 10.3 Å². The summed E-state index contributed by atoms with van der Waals surface area (Å²) in [6.07, 6.45) is 0. The number of hydrogen-bond acceptors (Lipinski definition) is 2. The number of amides is 1. The Morgan fingerprint density at radius 1 is 1.62 bits per heavy atom. The molecule has 90 valence electrons. The van der Waals surface area contributed by atoms with Crippen molar-refractivity contribution in [3.8, 4) is 0 Å². The fourth-order valence-electron chi connectivity index (χ4n) is 1.35. The standard InChI is InChI=1S/C11H15BrClNOS/c1-3-14(11(15)8(2)6-13)7-9-4-5-10(12)16-9/h4-5,8H,3,6-7H2,1-2H3. The fourth-order valence-corrected chi connectivity index (χ4v) is 2.98. The third-order valence-corrected chi connectivity index (χ3v) is 4.39. The minimum Gasteiger partial charge on any atom is -0.338 e. The minimum atomic E-state index is -0.106. The van der Waals surface area contributed by atoms with Gasteiger partial charge in [0.25, 0.3) is 0 Å². The summed E-state index contributed by atoms with van der Waals surface area (Å²) in [5, 5.41) is 0. The first kappa shape index (κ1) is 14.0. The molecule has 1 aromatic heterocycles. The van der Waals surface area contributed by atoms with Crippen molar-refractivity contribution in [1.82, 2.24) is 4.90 Å². The molecule has 0 aliphatic heterocycles. The molecular formula is C11H15BrClNOS. The minimum absolute atomic E-state index is 0.106. The van der Waals surface area contributed by atoms with Crippen molar-refractivity contribution in [3.63, 3.8) is 0 Å². The molecule has 0 aliphatic carbocycles. The van der Waals surface area contributed by atoms with Crippen molar-refractivity contribution in [2.45, 2.75) is 20.4 Å². The molecule has 0 aliphatic rings. The van der Waals surface area contributed by atoms with Crippen LogP contribution in [0.2, 0.25) is 0 Å². The van der Waals surface area contributed by atoms with Gasteiger partial charge < -0.3 is 4.90 Å². The number of nitrogens with zero attached hydrogens (tertiary/aromatic N) is 1. The van der Waals surface area contributed by atoms with E-state index in [0.29, 0.717) is 12.4 Å². The van der Waals surface area contributed by atoms with E-state index in [1.807, 2.05) is 30.9 Å². The van der Waals surface area contributed by atoms with Gasteiger partial charge in [0.1, 0.15) is 0 Å². The maximum atomic E-state index is 12.0. The highest BCUT2D eigenvalue weighted by molar-refractivity contribution is 9.11. The molecule has 0 aromatic carbocycles. The summed E-state index contributed by atoms with van der Waals surface area (Å²) in [6.45, 7) is 5.24. The van der Waals surface area contributed by atoms with E-state index in [-0.39, 0.29) is 11.8 Å². The number of halogens is 2. The Kier molecular flexibility index (Phi) is 5.79. The molecule has 0 spiro atoms. The van der Waals surface area contributed by atoms with Crippen LogP contribution in [0.5, 0.6) is 0 Å². The average Bonchev–Trinajstić information content (AvgIpc) is 2.69. The summed E-state index contributed by atoms with van der Waals surface area (Å²) in [5.41, 5.74) is 0. The van der Waals surface area contributed by atoms with E-state index in [2.05, 4.69) is 15.9 Å². The topological polar surface area (TPSA) is 20.3 Å². The molecule has 0 saturated heterocycles. The Balaban J connectivity index is 2.65. The number of alkyl halides is 1. The second-order valence-corrected chi connectivity index (χ2v) is 6.47. The van der Waals surface area contributed by atoms with E-state index < -0.39 is 0 Å². The van der Waals surface area contributed by atoms with Crippen LogP contribution in [0.3, 0.4) is 0 Å². The summed E-state index contributed by atoms with van der Waals surface area (Å²) in [7, 11) is 0. The molecule has 0 N–H and O–H groups in total. The van der Waals surface area contributed by atoms with Crippen LogP contribution in [-0.4, -0.2) is 23.2 Å². The second-order valence-electron chi connectivity index (χ2n) is 3.61. The molecule has 1 atom stereocenters. The van der Waals surface area contributed by atoms with Crippen LogP contribution in [-0.2, 0) is 11.3 Å². The van der Waals surface area contributed by atoms with Crippen molar-refractivity contribution in [3.05, 3.63) is 20.8 Å². The molecule has 1 unspecified atom stereocenters. The van der Waals surface area contributed by atoms with Crippen molar-refractivity contribution in [1.29, 1.82) is 0 Å². The lowest BCUT2D eigenvalue weighted by atomic mass is 10.2. The normalized spacial score (nSPS) is 12.5. The maximum Gasteiger partial charge on any atom is 0.226 e. The average molecular weight is 325 g/mol. The fraction of sp³-hybridized carbons (Fsp3) is 0.545. The number of hydrogen-bond donors (Lipinski definition) is 0. The van der Waals surface area contributed by atoms with Crippen LogP contribution in [0.4, 0.5) is 0 Å². The summed E-state index contributed by atoms with van der Waals surface area (Å²) in [6, 6.07) is 4.04. The Bertz CT molecular complexity index is 356. The highest BCUT2D eigenvalue weighted by Crippen LogP contribution is 2.23. The van der Waals surface area contributed by atoms with Crippen molar-refractivity contribution in [2.24, 2.45) is 5.92 Å². The SMILES string of the molecule is CCN(Cc1ccc(Br)s1)C(=O)C(C)CCl. The van der Waals surface area contributed by atoms with E-state index in [9.17, 15) is 4.79 Å². The van der Waals surface area contributed by atoms with Crippen LogP contribution in [0.1, 0.15) is 18.7 Å². The molecule has 1 aromatic rings.